The third kappa shape index (κ3) is 2.64. The molecule has 4 heteroatoms. The maximum atomic E-state index is 6.11. The molecule has 1 unspecified atom stereocenters. The minimum Gasteiger partial charge on any atom is -0.357 e. The fourth-order valence-electron chi connectivity index (χ4n) is 1.50. The van der Waals surface area contributed by atoms with Crippen LogP contribution in [0.15, 0.2) is 0 Å². The molecule has 0 fully saturated rings. The van der Waals surface area contributed by atoms with Crippen LogP contribution in [0.4, 0.5) is 5.82 Å². The quantitative estimate of drug-likeness (QED) is 0.758. The van der Waals surface area contributed by atoms with E-state index in [4.69, 9.17) is 11.6 Å². The largest absolute Gasteiger partial charge is 0.357 e. The van der Waals surface area contributed by atoms with Gasteiger partial charge < -0.3 is 4.90 Å². The Morgan fingerprint density at radius 2 is 1.94 bits per heavy atom. The van der Waals surface area contributed by atoms with E-state index in [2.05, 4.69) is 35.8 Å². The number of aromatic nitrogens is 2. The number of halogens is 1. The Morgan fingerprint density at radius 3 is 2.44 bits per heavy atom. The van der Waals surface area contributed by atoms with Gasteiger partial charge in [0.2, 0.25) is 0 Å². The number of nitrogens with zero attached hydrogens (tertiary/aromatic N) is 3. The highest BCUT2D eigenvalue weighted by atomic mass is 35.5. The topological polar surface area (TPSA) is 29.0 Å². The van der Waals surface area contributed by atoms with Gasteiger partial charge in [-0.2, -0.15) is 0 Å². The van der Waals surface area contributed by atoms with Crippen LogP contribution in [0.5, 0.6) is 0 Å². The molecule has 0 saturated heterocycles. The highest BCUT2D eigenvalue weighted by molar-refractivity contribution is 6.30. The minimum atomic E-state index is 0.453. The summed E-state index contributed by atoms with van der Waals surface area (Å²) < 4.78 is 0. The van der Waals surface area contributed by atoms with Gasteiger partial charge in [-0.05, 0) is 20.3 Å². The van der Waals surface area contributed by atoms with E-state index in [1.807, 2.05) is 13.8 Å². The zero-order valence-electron chi connectivity index (χ0n) is 10.7. The summed E-state index contributed by atoms with van der Waals surface area (Å²) in [5, 5.41) is 0.567. The molecule has 1 rings (SSSR count). The molecule has 1 aromatic heterocycles. The van der Waals surface area contributed by atoms with Gasteiger partial charge in [-0.1, -0.05) is 25.4 Å². The van der Waals surface area contributed by atoms with E-state index < -0.39 is 0 Å². The third-order valence-electron chi connectivity index (χ3n) is 3.01. The molecule has 90 valence electrons. The molecule has 0 amide bonds. The van der Waals surface area contributed by atoms with Crippen molar-refractivity contribution in [2.24, 2.45) is 0 Å². The van der Waals surface area contributed by atoms with Crippen molar-refractivity contribution < 1.29 is 0 Å². The molecule has 16 heavy (non-hydrogen) atoms. The van der Waals surface area contributed by atoms with Crippen LogP contribution in [0.3, 0.4) is 0 Å². The molecule has 0 aliphatic rings. The van der Waals surface area contributed by atoms with Crippen molar-refractivity contribution in [1.82, 2.24) is 9.97 Å². The second-order valence-corrected chi connectivity index (χ2v) is 4.46. The minimum absolute atomic E-state index is 0.453. The van der Waals surface area contributed by atoms with E-state index in [0.29, 0.717) is 11.2 Å². The fourth-order valence-corrected chi connectivity index (χ4v) is 1.69. The predicted octanol–water partition coefficient (Wildman–Crippen LogP) is 3.24. The summed E-state index contributed by atoms with van der Waals surface area (Å²) in [6.07, 6.45) is 1.89. The number of hydrogen-bond acceptors (Lipinski definition) is 3. The zero-order chi connectivity index (χ0) is 12.3. The van der Waals surface area contributed by atoms with Gasteiger partial charge in [0, 0.05) is 25.1 Å². The summed E-state index contributed by atoms with van der Waals surface area (Å²) in [6, 6.07) is 0.453. The van der Waals surface area contributed by atoms with Crippen molar-refractivity contribution in [1.29, 1.82) is 0 Å². The van der Waals surface area contributed by atoms with Crippen LogP contribution in [-0.2, 0) is 6.42 Å². The second kappa shape index (κ2) is 5.48. The Balaban J connectivity index is 3.16. The summed E-state index contributed by atoms with van der Waals surface area (Å²) >= 11 is 6.11. The molecule has 0 N–H and O–H groups in total. The van der Waals surface area contributed by atoms with E-state index in [9.17, 15) is 0 Å². The van der Waals surface area contributed by atoms with Crippen LogP contribution >= 0.6 is 11.6 Å². The molecule has 1 aromatic rings. The molecule has 0 bridgehead atoms. The summed E-state index contributed by atoms with van der Waals surface area (Å²) in [5.74, 6) is 1.76. The van der Waals surface area contributed by atoms with Crippen LogP contribution in [0.25, 0.3) is 0 Å². The first-order chi connectivity index (χ1) is 7.51. The first-order valence-electron chi connectivity index (χ1n) is 5.77. The monoisotopic (exact) mass is 241 g/mol. The van der Waals surface area contributed by atoms with Gasteiger partial charge in [-0.25, -0.2) is 9.97 Å². The lowest BCUT2D eigenvalue weighted by Gasteiger charge is -2.26. The molecule has 0 aliphatic heterocycles. The van der Waals surface area contributed by atoms with Crippen LogP contribution in [0.2, 0.25) is 5.15 Å². The predicted molar refractivity (Wildman–Crippen MR) is 69.3 cm³/mol. The first-order valence-corrected chi connectivity index (χ1v) is 6.14. The summed E-state index contributed by atoms with van der Waals surface area (Å²) in [4.78, 5) is 11.0. The Hall–Kier alpha value is -0.830. The second-order valence-electron chi connectivity index (χ2n) is 4.10. The number of aryl methyl sites for hydroxylation is 1. The molecule has 0 spiro atoms. The molecular weight excluding hydrogens is 222 g/mol. The molecule has 0 saturated carbocycles. The van der Waals surface area contributed by atoms with Crippen LogP contribution in [0, 0.1) is 6.92 Å². The zero-order valence-corrected chi connectivity index (χ0v) is 11.5. The van der Waals surface area contributed by atoms with Gasteiger partial charge in [0.1, 0.15) is 16.8 Å². The van der Waals surface area contributed by atoms with Gasteiger partial charge in [0.25, 0.3) is 0 Å². The van der Waals surface area contributed by atoms with Gasteiger partial charge in [-0.15, -0.1) is 0 Å². The highest BCUT2D eigenvalue weighted by Gasteiger charge is 2.15. The van der Waals surface area contributed by atoms with Crippen LogP contribution < -0.4 is 4.90 Å². The molecular formula is C12H20ClN3. The average molecular weight is 242 g/mol. The Labute approximate surface area is 103 Å². The van der Waals surface area contributed by atoms with Crippen molar-refractivity contribution in [2.45, 2.75) is 46.6 Å². The molecule has 3 nitrogen and oxygen atoms in total. The third-order valence-corrected chi connectivity index (χ3v) is 3.38. The summed E-state index contributed by atoms with van der Waals surface area (Å²) in [5.41, 5.74) is 0.960. The lowest BCUT2D eigenvalue weighted by Crippen LogP contribution is -2.30. The van der Waals surface area contributed by atoms with Gasteiger partial charge in [0.05, 0.1) is 0 Å². The van der Waals surface area contributed by atoms with Gasteiger partial charge in [0.15, 0.2) is 0 Å². The molecule has 1 heterocycles. The first kappa shape index (κ1) is 13.2. The molecule has 0 aliphatic carbocycles. The smallest absolute Gasteiger partial charge is 0.137 e. The van der Waals surface area contributed by atoms with Crippen molar-refractivity contribution in [3.05, 3.63) is 16.5 Å². The van der Waals surface area contributed by atoms with E-state index in [1.165, 1.54) is 0 Å². The van der Waals surface area contributed by atoms with Crippen molar-refractivity contribution in [3.8, 4) is 0 Å². The molecule has 0 aromatic carbocycles. The highest BCUT2D eigenvalue weighted by Crippen LogP contribution is 2.24. The maximum Gasteiger partial charge on any atom is 0.137 e. The number of hydrogen-bond donors (Lipinski definition) is 0. The normalized spacial score (nSPS) is 12.6. The van der Waals surface area contributed by atoms with Crippen LogP contribution in [0.1, 0.15) is 38.6 Å². The van der Waals surface area contributed by atoms with E-state index in [1.54, 1.807) is 0 Å². The number of rotatable bonds is 4. The maximum absolute atomic E-state index is 6.11. The standard InChI is InChI=1S/C12H20ClN3/c1-6-8(3)16(5)12-9(4)11(13)14-10(7-2)15-12/h8H,6-7H2,1-5H3. The lowest BCUT2D eigenvalue weighted by molar-refractivity contribution is 0.652. The number of anilines is 1. The van der Waals surface area contributed by atoms with E-state index in [-0.39, 0.29) is 0 Å². The Kier molecular flexibility index (Phi) is 4.54. The average Bonchev–Trinajstić information content (AvgIpc) is 2.30. The molecule has 0 radical (unpaired) electrons. The van der Waals surface area contributed by atoms with Gasteiger partial charge in [-0.3, -0.25) is 0 Å². The summed E-state index contributed by atoms with van der Waals surface area (Å²) in [7, 11) is 2.05. The lowest BCUT2D eigenvalue weighted by atomic mass is 10.2. The SMILES string of the molecule is CCc1nc(Cl)c(C)c(N(C)C(C)CC)n1. The van der Waals surface area contributed by atoms with Crippen LogP contribution in [-0.4, -0.2) is 23.1 Å². The molecule has 1 atom stereocenters. The Morgan fingerprint density at radius 1 is 1.31 bits per heavy atom. The van der Waals surface area contributed by atoms with Crippen molar-refractivity contribution in [3.63, 3.8) is 0 Å². The van der Waals surface area contributed by atoms with Crippen molar-refractivity contribution >= 4 is 17.4 Å². The van der Waals surface area contributed by atoms with Crippen molar-refractivity contribution in [2.75, 3.05) is 11.9 Å². The van der Waals surface area contributed by atoms with Gasteiger partial charge >= 0.3 is 0 Å². The Bertz CT molecular complexity index is 366. The fraction of sp³-hybridized carbons (Fsp3) is 0.667. The summed E-state index contributed by atoms with van der Waals surface area (Å²) in [6.45, 7) is 8.35. The van der Waals surface area contributed by atoms with E-state index >= 15 is 0 Å². The van der Waals surface area contributed by atoms with E-state index in [0.717, 1.165) is 30.0 Å².